The molecule has 0 fully saturated rings. The van der Waals surface area contributed by atoms with Crippen molar-refractivity contribution in [1.82, 2.24) is 14.5 Å². The van der Waals surface area contributed by atoms with Crippen LogP contribution in [0.25, 0.3) is 22.2 Å². The third-order valence-corrected chi connectivity index (χ3v) is 5.96. The third kappa shape index (κ3) is 5.17. The van der Waals surface area contributed by atoms with E-state index in [0.717, 1.165) is 35.3 Å². The van der Waals surface area contributed by atoms with Gasteiger partial charge in [0.15, 0.2) is 0 Å². The van der Waals surface area contributed by atoms with Crippen LogP contribution in [0, 0.1) is 6.92 Å². The Bertz CT molecular complexity index is 1370. The second-order valence-electron chi connectivity index (χ2n) is 8.03. The van der Waals surface area contributed by atoms with Crippen LogP contribution in [-0.4, -0.2) is 45.9 Å². The molecule has 9 heteroatoms. The molecule has 2 N–H and O–H groups in total. The SMILES string of the molecule is CCCOc1cc(-c2cc(NCCn3c(C)cc4c(OC)cccc43)ncn2)cc(Cl)c1C(=O)O. The molecule has 8 nitrogen and oxygen atoms in total. The van der Waals surface area contributed by atoms with E-state index in [1.165, 1.54) is 6.33 Å². The normalized spacial score (nSPS) is 11.0. The zero-order chi connectivity index (χ0) is 24.9. The maximum Gasteiger partial charge on any atom is 0.341 e. The van der Waals surface area contributed by atoms with E-state index in [4.69, 9.17) is 21.1 Å². The van der Waals surface area contributed by atoms with Gasteiger partial charge in [-0.3, -0.25) is 0 Å². The molecule has 0 aliphatic heterocycles. The topological polar surface area (TPSA) is 98.5 Å². The number of rotatable bonds is 10. The van der Waals surface area contributed by atoms with Gasteiger partial charge in [-0.1, -0.05) is 24.6 Å². The molecule has 2 aromatic carbocycles. The fraction of sp³-hybridized carbons (Fsp3) is 0.269. The van der Waals surface area contributed by atoms with Crippen LogP contribution in [0.3, 0.4) is 0 Å². The molecule has 4 aromatic rings. The molecule has 4 rings (SSSR count). The number of carboxylic acid groups (broad SMARTS) is 1. The highest BCUT2D eigenvalue weighted by atomic mass is 35.5. The van der Waals surface area contributed by atoms with Crippen molar-refractivity contribution < 1.29 is 19.4 Å². The molecule has 0 aliphatic carbocycles. The van der Waals surface area contributed by atoms with Gasteiger partial charge in [-0.2, -0.15) is 0 Å². The summed E-state index contributed by atoms with van der Waals surface area (Å²) in [7, 11) is 1.68. The summed E-state index contributed by atoms with van der Waals surface area (Å²) < 4.78 is 13.4. The average Bonchev–Trinajstić information content (AvgIpc) is 3.17. The minimum atomic E-state index is -1.14. The predicted molar refractivity (Wildman–Crippen MR) is 137 cm³/mol. The van der Waals surface area contributed by atoms with Crippen molar-refractivity contribution in [2.24, 2.45) is 0 Å². The molecule has 0 saturated heterocycles. The van der Waals surface area contributed by atoms with E-state index in [1.807, 2.05) is 19.1 Å². The number of carbonyl (C=O) groups is 1. The number of anilines is 1. The second kappa shape index (κ2) is 10.7. The van der Waals surface area contributed by atoms with Gasteiger partial charge in [0, 0.05) is 35.8 Å². The lowest BCUT2D eigenvalue weighted by Crippen LogP contribution is -2.12. The van der Waals surface area contributed by atoms with Gasteiger partial charge in [0.25, 0.3) is 0 Å². The monoisotopic (exact) mass is 494 g/mol. The smallest absolute Gasteiger partial charge is 0.341 e. The molecular weight excluding hydrogens is 468 g/mol. The van der Waals surface area contributed by atoms with Crippen LogP contribution >= 0.6 is 11.6 Å². The maximum absolute atomic E-state index is 11.7. The molecule has 0 amide bonds. The van der Waals surface area contributed by atoms with Crippen molar-refractivity contribution in [3.63, 3.8) is 0 Å². The molecule has 35 heavy (non-hydrogen) atoms. The molecule has 0 unspecified atom stereocenters. The highest BCUT2D eigenvalue weighted by molar-refractivity contribution is 6.34. The number of hydrogen-bond donors (Lipinski definition) is 2. The number of hydrogen-bond acceptors (Lipinski definition) is 6. The Morgan fingerprint density at radius 3 is 2.74 bits per heavy atom. The first-order valence-corrected chi connectivity index (χ1v) is 11.7. The number of aromatic carboxylic acids is 1. The van der Waals surface area contributed by atoms with Gasteiger partial charge in [-0.25, -0.2) is 14.8 Å². The summed E-state index contributed by atoms with van der Waals surface area (Å²) in [4.78, 5) is 20.3. The van der Waals surface area contributed by atoms with E-state index in [0.29, 0.717) is 30.2 Å². The van der Waals surface area contributed by atoms with Crippen molar-refractivity contribution in [3.05, 3.63) is 65.1 Å². The Balaban J connectivity index is 1.54. The quantitative estimate of drug-likeness (QED) is 0.293. The molecule has 0 saturated carbocycles. The van der Waals surface area contributed by atoms with Crippen LogP contribution in [0.2, 0.25) is 5.02 Å². The van der Waals surface area contributed by atoms with Crippen LogP contribution in [-0.2, 0) is 6.54 Å². The van der Waals surface area contributed by atoms with Crippen LogP contribution < -0.4 is 14.8 Å². The number of methoxy groups -OCH3 is 1. The summed E-state index contributed by atoms with van der Waals surface area (Å²) in [5.74, 6) is 0.590. The number of nitrogens with one attached hydrogen (secondary N) is 1. The number of halogens is 1. The minimum absolute atomic E-state index is 0.0535. The first kappa shape index (κ1) is 24.3. The van der Waals surface area contributed by atoms with Crippen molar-refractivity contribution >= 4 is 34.3 Å². The molecule has 2 heterocycles. The highest BCUT2D eigenvalue weighted by Crippen LogP contribution is 2.33. The lowest BCUT2D eigenvalue weighted by molar-refractivity contribution is 0.0692. The first-order valence-electron chi connectivity index (χ1n) is 11.3. The van der Waals surface area contributed by atoms with E-state index in [1.54, 1.807) is 25.3 Å². The second-order valence-corrected chi connectivity index (χ2v) is 8.44. The van der Waals surface area contributed by atoms with Gasteiger partial charge in [0.05, 0.1) is 29.9 Å². The van der Waals surface area contributed by atoms with Gasteiger partial charge >= 0.3 is 5.97 Å². The number of benzene rings is 2. The van der Waals surface area contributed by atoms with Gasteiger partial charge in [0.2, 0.25) is 0 Å². The van der Waals surface area contributed by atoms with Crippen LogP contribution in [0.15, 0.2) is 48.8 Å². The van der Waals surface area contributed by atoms with Gasteiger partial charge in [0.1, 0.15) is 29.2 Å². The van der Waals surface area contributed by atoms with Gasteiger partial charge < -0.3 is 24.5 Å². The summed E-state index contributed by atoms with van der Waals surface area (Å²) in [6.45, 7) is 5.78. The molecule has 0 atom stereocenters. The summed E-state index contributed by atoms with van der Waals surface area (Å²) in [5.41, 5.74) is 3.45. The van der Waals surface area contributed by atoms with E-state index in [2.05, 4.69) is 38.9 Å². The summed E-state index contributed by atoms with van der Waals surface area (Å²) in [6, 6.07) is 13.2. The first-order chi connectivity index (χ1) is 16.9. The Hall–Kier alpha value is -3.78. The van der Waals surface area contributed by atoms with Crippen LogP contribution in [0.1, 0.15) is 29.4 Å². The molecule has 0 aliphatic rings. The minimum Gasteiger partial charge on any atom is -0.496 e. The number of aromatic nitrogens is 3. The van der Waals surface area contributed by atoms with Crippen molar-refractivity contribution in [2.45, 2.75) is 26.8 Å². The van der Waals surface area contributed by atoms with Crippen LogP contribution in [0.5, 0.6) is 11.5 Å². The van der Waals surface area contributed by atoms with Crippen LogP contribution in [0.4, 0.5) is 5.82 Å². The standard InChI is InChI=1S/C26H27ClN4O4/c1-4-10-35-23-13-17(12-19(27)25(23)26(32)33)20-14-24(30-15-29-20)28-8-9-31-16(2)11-18-21(31)6-5-7-22(18)34-3/h5-7,11-15H,4,8-10H2,1-3H3,(H,32,33)(H,28,29,30). The average molecular weight is 495 g/mol. The number of carboxylic acids is 1. The number of nitrogens with zero attached hydrogens (tertiary/aromatic N) is 3. The fourth-order valence-electron chi connectivity index (χ4n) is 4.03. The molecule has 0 bridgehead atoms. The summed E-state index contributed by atoms with van der Waals surface area (Å²) in [6.07, 6.45) is 2.20. The Morgan fingerprint density at radius 2 is 2.00 bits per heavy atom. The number of fused-ring (bicyclic) bond motifs is 1. The van der Waals surface area contributed by atoms with Gasteiger partial charge in [-0.05, 0) is 43.7 Å². The van der Waals surface area contributed by atoms with E-state index in [-0.39, 0.29) is 16.3 Å². The van der Waals surface area contributed by atoms with E-state index >= 15 is 0 Å². The zero-order valence-corrected chi connectivity index (χ0v) is 20.6. The third-order valence-electron chi connectivity index (χ3n) is 5.67. The summed E-state index contributed by atoms with van der Waals surface area (Å²) >= 11 is 6.29. The van der Waals surface area contributed by atoms with Crippen molar-refractivity contribution in [3.8, 4) is 22.8 Å². The molecular formula is C26H27ClN4O4. The Labute approximate surface area is 208 Å². The largest absolute Gasteiger partial charge is 0.496 e. The molecule has 0 spiro atoms. The Morgan fingerprint density at radius 1 is 1.17 bits per heavy atom. The zero-order valence-electron chi connectivity index (χ0n) is 19.8. The highest BCUT2D eigenvalue weighted by Gasteiger charge is 2.19. The lowest BCUT2D eigenvalue weighted by atomic mass is 10.1. The maximum atomic E-state index is 11.7. The van der Waals surface area contributed by atoms with E-state index in [9.17, 15) is 9.90 Å². The molecule has 2 aromatic heterocycles. The summed E-state index contributed by atoms with van der Waals surface area (Å²) in [5, 5.41) is 14.1. The van der Waals surface area contributed by atoms with Gasteiger partial charge in [-0.15, -0.1) is 0 Å². The number of aryl methyl sites for hydroxylation is 1. The number of ether oxygens (including phenoxy) is 2. The Kier molecular flexibility index (Phi) is 7.41. The van der Waals surface area contributed by atoms with Crippen molar-refractivity contribution in [1.29, 1.82) is 0 Å². The van der Waals surface area contributed by atoms with E-state index < -0.39 is 5.97 Å². The lowest BCUT2D eigenvalue weighted by Gasteiger charge is -2.13. The van der Waals surface area contributed by atoms with Crippen molar-refractivity contribution in [2.75, 3.05) is 25.6 Å². The predicted octanol–water partition coefficient (Wildman–Crippen LogP) is 5.67. The fourth-order valence-corrected chi connectivity index (χ4v) is 4.33. The molecule has 182 valence electrons. The molecule has 0 radical (unpaired) electrons.